The first-order chi connectivity index (χ1) is 10.9. The van der Waals surface area contributed by atoms with Gasteiger partial charge in [-0.1, -0.05) is 26.0 Å². The van der Waals surface area contributed by atoms with Gasteiger partial charge in [-0.2, -0.15) is 0 Å². The van der Waals surface area contributed by atoms with Gasteiger partial charge < -0.3 is 16.0 Å². The molecule has 1 aliphatic heterocycles. The molecule has 1 aromatic rings. The fourth-order valence-electron chi connectivity index (χ4n) is 2.64. The van der Waals surface area contributed by atoms with Gasteiger partial charge >= 0.3 is 0 Å². The Hall–Kier alpha value is -1.88. The minimum absolute atomic E-state index is 0.00350. The SMILES string of the molecule is CC(C)C(=O)Nc1ccc(CNC(=O)C2(C)CCCNC2)cc1. The van der Waals surface area contributed by atoms with Crippen molar-refractivity contribution in [2.75, 3.05) is 18.4 Å². The number of amides is 2. The molecular formula is C18H27N3O2. The van der Waals surface area contributed by atoms with Crippen molar-refractivity contribution in [2.24, 2.45) is 11.3 Å². The zero-order valence-corrected chi connectivity index (χ0v) is 14.2. The van der Waals surface area contributed by atoms with Crippen LogP contribution < -0.4 is 16.0 Å². The number of benzene rings is 1. The second-order valence-electron chi connectivity index (χ2n) is 6.86. The van der Waals surface area contributed by atoms with Gasteiger partial charge in [0.1, 0.15) is 0 Å². The van der Waals surface area contributed by atoms with Gasteiger partial charge in [0, 0.05) is 24.7 Å². The first-order valence-corrected chi connectivity index (χ1v) is 8.29. The van der Waals surface area contributed by atoms with Crippen LogP contribution in [-0.2, 0) is 16.1 Å². The molecule has 0 bridgehead atoms. The van der Waals surface area contributed by atoms with E-state index in [0.29, 0.717) is 6.54 Å². The van der Waals surface area contributed by atoms with Gasteiger partial charge in [0.2, 0.25) is 11.8 Å². The fraction of sp³-hybridized carbons (Fsp3) is 0.556. The predicted octanol–water partition coefficient (Wildman–Crippen LogP) is 2.29. The number of nitrogens with one attached hydrogen (secondary N) is 3. The molecule has 0 spiro atoms. The van der Waals surface area contributed by atoms with Gasteiger partial charge in [-0.15, -0.1) is 0 Å². The molecule has 1 fully saturated rings. The number of anilines is 1. The van der Waals surface area contributed by atoms with Crippen molar-refractivity contribution >= 4 is 17.5 Å². The highest BCUT2D eigenvalue weighted by atomic mass is 16.2. The largest absolute Gasteiger partial charge is 0.352 e. The van der Waals surface area contributed by atoms with Crippen LogP contribution in [0.2, 0.25) is 0 Å². The molecule has 5 heteroatoms. The van der Waals surface area contributed by atoms with E-state index in [4.69, 9.17) is 0 Å². The topological polar surface area (TPSA) is 70.2 Å². The number of piperidine rings is 1. The van der Waals surface area contributed by atoms with E-state index in [2.05, 4.69) is 16.0 Å². The maximum atomic E-state index is 12.4. The average Bonchev–Trinajstić information content (AvgIpc) is 2.54. The van der Waals surface area contributed by atoms with Crippen LogP contribution in [0.15, 0.2) is 24.3 Å². The summed E-state index contributed by atoms with van der Waals surface area (Å²) in [5.41, 5.74) is 1.49. The first kappa shape index (κ1) is 17.5. The van der Waals surface area contributed by atoms with Crippen molar-refractivity contribution in [3.8, 4) is 0 Å². The third kappa shape index (κ3) is 4.79. The van der Waals surface area contributed by atoms with E-state index in [-0.39, 0.29) is 23.1 Å². The molecule has 23 heavy (non-hydrogen) atoms. The molecule has 5 nitrogen and oxygen atoms in total. The smallest absolute Gasteiger partial charge is 0.227 e. The third-order valence-electron chi connectivity index (χ3n) is 4.34. The molecule has 0 radical (unpaired) electrons. The molecular weight excluding hydrogens is 290 g/mol. The zero-order valence-electron chi connectivity index (χ0n) is 14.2. The van der Waals surface area contributed by atoms with Crippen LogP contribution in [0.4, 0.5) is 5.69 Å². The Bertz CT molecular complexity index is 546. The molecule has 0 saturated carbocycles. The van der Waals surface area contributed by atoms with Crippen molar-refractivity contribution in [1.82, 2.24) is 10.6 Å². The van der Waals surface area contributed by atoms with Crippen LogP contribution in [0.3, 0.4) is 0 Å². The summed E-state index contributed by atoms with van der Waals surface area (Å²) in [7, 11) is 0. The second kappa shape index (κ2) is 7.59. The lowest BCUT2D eigenvalue weighted by Gasteiger charge is -2.32. The van der Waals surface area contributed by atoms with Gasteiger partial charge in [-0.25, -0.2) is 0 Å². The number of hydrogen-bond donors (Lipinski definition) is 3. The molecule has 1 saturated heterocycles. The molecule has 0 aromatic heterocycles. The summed E-state index contributed by atoms with van der Waals surface area (Å²) in [4.78, 5) is 24.0. The lowest BCUT2D eigenvalue weighted by molar-refractivity contribution is -0.131. The average molecular weight is 317 g/mol. The summed E-state index contributed by atoms with van der Waals surface area (Å²) in [6.45, 7) is 7.97. The maximum Gasteiger partial charge on any atom is 0.227 e. The van der Waals surface area contributed by atoms with Crippen molar-refractivity contribution < 1.29 is 9.59 Å². The Balaban J connectivity index is 1.86. The number of carbonyl (C=O) groups excluding carboxylic acids is 2. The molecule has 126 valence electrons. The van der Waals surface area contributed by atoms with E-state index in [1.54, 1.807) is 0 Å². The summed E-state index contributed by atoms with van der Waals surface area (Å²) in [6, 6.07) is 7.59. The van der Waals surface area contributed by atoms with Gasteiger partial charge in [-0.05, 0) is 44.0 Å². The molecule has 0 aliphatic carbocycles. The van der Waals surface area contributed by atoms with E-state index in [1.807, 2.05) is 45.0 Å². The predicted molar refractivity (Wildman–Crippen MR) is 92.0 cm³/mol. The van der Waals surface area contributed by atoms with Crippen LogP contribution in [0, 0.1) is 11.3 Å². The molecule has 1 aliphatic rings. The van der Waals surface area contributed by atoms with Gasteiger partial charge in [-0.3, -0.25) is 9.59 Å². The summed E-state index contributed by atoms with van der Waals surface area (Å²) < 4.78 is 0. The van der Waals surface area contributed by atoms with E-state index in [9.17, 15) is 9.59 Å². The van der Waals surface area contributed by atoms with Crippen LogP contribution in [0.1, 0.15) is 39.2 Å². The summed E-state index contributed by atoms with van der Waals surface area (Å²) >= 11 is 0. The summed E-state index contributed by atoms with van der Waals surface area (Å²) in [5, 5.41) is 9.17. The molecule has 2 amide bonds. The molecule has 1 aromatic carbocycles. The molecule has 1 heterocycles. The van der Waals surface area contributed by atoms with E-state index in [1.165, 1.54) is 0 Å². The Morgan fingerprint density at radius 2 is 1.96 bits per heavy atom. The van der Waals surface area contributed by atoms with Gasteiger partial charge in [0.25, 0.3) is 0 Å². The molecule has 1 unspecified atom stereocenters. The Morgan fingerprint density at radius 1 is 1.26 bits per heavy atom. The van der Waals surface area contributed by atoms with Crippen LogP contribution in [-0.4, -0.2) is 24.9 Å². The Morgan fingerprint density at radius 3 is 2.52 bits per heavy atom. The lowest BCUT2D eigenvalue weighted by Crippen LogP contribution is -2.48. The minimum Gasteiger partial charge on any atom is -0.352 e. The van der Waals surface area contributed by atoms with Gasteiger partial charge in [0.05, 0.1) is 5.41 Å². The normalized spacial score (nSPS) is 21.0. The van der Waals surface area contributed by atoms with Crippen molar-refractivity contribution in [3.63, 3.8) is 0 Å². The van der Waals surface area contributed by atoms with Crippen molar-refractivity contribution in [3.05, 3.63) is 29.8 Å². The third-order valence-corrected chi connectivity index (χ3v) is 4.34. The van der Waals surface area contributed by atoms with Crippen molar-refractivity contribution in [1.29, 1.82) is 0 Å². The standard InChI is InChI=1S/C18H27N3O2/c1-13(2)16(22)21-15-7-5-14(6-8-15)11-20-17(23)18(3)9-4-10-19-12-18/h5-8,13,19H,4,9-12H2,1-3H3,(H,20,23)(H,21,22). The molecule has 3 N–H and O–H groups in total. The quantitative estimate of drug-likeness (QED) is 0.780. The number of carbonyl (C=O) groups is 2. The molecule has 1 atom stereocenters. The summed E-state index contributed by atoms with van der Waals surface area (Å²) in [6.07, 6.45) is 1.96. The van der Waals surface area contributed by atoms with E-state index < -0.39 is 0 Å². The summed E-state index contributed by atoms with van der Waals surface area (Å²) in [5.74, 6) is 0.0597. The highest BCUT2D eigenvalue weighted by Crippen LogP contribution is 2.25. The Kier molecular flexibility index (Phi) is 5.77. The fourth-order valence-corrected chi connectivity index (χ4v) is 2.64. The van der Waals surface area contributed by atoms with Crippen LogP contribution in [0.25, 0.3) is 0 Å². The highest BCUT2D eigenvalue weighted by Gasteiger charge is 2.34. The van der Waals surface area contributed by atoms with E-state index >= 15 is 0 Å². The van der Waals surface area contributed by atoms with Crippen molar-refractivity contribution in [2.45, 2.75) is 40.2 Å². The number of hydrogen-bond acceptors (Lipinski definition) is 3. The minimum atomic E-state index is -0.316. The van der Waals surface area contributed by atoms with E-state index in [0.717, 1.165) is 37.2 Å². The number of rotatable bonds is 5. The highest BCUT2D eigenvalue weighted by molar-refractivity contribution is 5.92. The van der Waals surface area contributed by atoms with Crippen LogP contribution in [0.5, 0.6) is 0 Å². The second-order valence-corrected chi connectivity index (χ2v) is 6.86. The zero-order chi connectivity index (χ0) is 16.9. The molecule has 2 rings (SSSR count). The van der Waals surface area contributed by atoms with Crippen LogP contribution >= 0.6 is 0 Å². The van der Waals surface area contributed by atoms with Gasteiger partial charge in [0.15, 0.2) is 0 Å². The maximum absolute atomic E-state index is 12.4. The monoisotopic (exact) mass is 317 g/mol. The first-order valence-electron chi connectivity index (χ1n) is 8.29. The Labute approximate surface area is 138 Å². The lowest BCUT2D eigenvalue weighted by atomic mass is 9.82.